The molecule has 0 aliphatic heterocycles. The molecule has 146 valence electrons. The Bertz CT molecular complexity index is 775. The third kappa shape index (κ3) is 6.53. The number of unbranched alkanes of at least 4 members (excludes halogenated alkanes) is 1. The third-order valence-electron chi connectivity index (χ3n) is 3.23. The Balaban J connectivity index is 1.97. The SMILES string of the molecule is CCCCn1cc(NC(=O)Nc2ccc(OC(F)(F)F)cc2)nc1OC=O. The van der Waals surface area contributed by atoms with Gasteiger partial charge in [0.25, 0.3) is 0 Å². The number of carbonyl (C=O) groups is 2. The molecule has 2 rings (SSSR count). The number of urea groups is 1. The Kier molecular flexibility index (Phi) is 6.63. The van der Waals surface area contributed by atoms with E-state index in [1.165, 1.54) is 18.3 Å². The van der Waals surface area contributed by atoms with Gasteiger partial charge in [0, 0.05) is 12.2 Å². The van der Waals surface area contributed by atoms with Gasteiger partial charge in [-0.1, -0.05) is 13.3 Å². The van der Waals surface area contributed by atoms with Gasteiger partial charge in [-0.15, -0.1) is 13.2 Å². The first kappa shape index (κ1) is 20.1. The molecule has 1 heterocycles. The number of carbonyl (C=O) groups excluding carboxylic acids is 2. The number of hydrogen-bond donors (Lipinski definition) is 2. The van der Waals surface area contributed by atoms with Crippen molar-refractivity contribution in [3.8, 4) is 11.8 Å². The zero-order valence-corrected chi connectivity index (χ0v) is 14.2. The highest BCUT2D eigenvalue weighted by Crippen LogP contribution is 2.24. The number of ether oxygens (including phenoxy) is 2. The first-order chi connectivity index (χ1) is 12.8. The first-order valence-electron chi connectivity index (χ1n) is 7.92. The molecule has 0 aliphatic carbocycles. The van der Waals surface area contributed by atoms with E-state index in [4.69, 9.17) is 4.74 Å². The summed E-state index contributed by atoms with van der Waals surface area (Å²) >= 11 is 0. The molecule has 0 unspecified atom stereocenters. The van der Waals surface area contributed by atoms with Crippen molar-refractivity contribution in [1.29, 1.82) is 0 Å². The van der Waals surface area contributed by atoms with Crippen molar-refractivity contribution in [3.63, 3.8) is 0 Å². The number of halogens is 3. The summed E-state index contributed by atoms with van der Waals surface area (Å²) in [5.74, 6) is -0.253. The lowest BCUT2D eigenvalue weighted by Gasteiger charge is -2.10. The molecule has 0 spiro atoms. The Morgan fingerprint density at radius 2 is 1.96 bits per heavy atom. The van der Waals surface area contributed by atoms with Crippen LogP contribution in [0.2, 0.25) is 0 Å². The maximum absolute atomic E-state index is 12.1. The number of nitrogens with one attached hydrogen (secondary N) is 2. The summed E-state index contributed by atoms with van der Waals surface area (Å²) in [6, 6.07) is 4.01. The number of alkyl halides is 3. The minimum absolute atomic E-state index is 0.0439. The van der Waals surface area contributed by atoms with Crippen molar-refractivity contribution < 1.29 is 32.2 Å². The molecule has 0 radical (unpaired) electrons. The predicted molar refractivity (Wildman–Crippen MR) is 89.6 cm³/mol. The summed E-state index contributed by atoms with van der Waals surface area (Å²) < 4.78 is 46.4. The van der Waals surface area contributed by atoms with Gasteiger partial charge >= 0.3 is 24.9 Å². The number of amides is 2. The summed E-state index contributed by atoms with van der Waals surface area (Å²) in [6.45, 7) is 2.78. The number of hydrogen-bond acceptors (Lipinski definition) is 5. The van der Waals surface area contributed by atoms with Crippen LogP contribution in [0, 0.1) is 0 Å². The van der Waals surface area contributed by atoms with Crippen LogP contribution in [0.3, 0.4) is 0 Å². The van der Waals surface area contributed by atoms with E-state index >= 15 is 0 Å². The van der Waals surface area contributed by atoms with E-state index in [-0.39, 0.29) is 24.0 Å². The maximum atomic E-state index is 12.1. The molecular formula is C16H17F3N4O4. The van der Waals surface area contributed by atoms with E-state index in [0.29, 0.717) is 6.54 Å². The topological polar surface area (TPSA) is 94.5 Å². The Morgan fingerprint density at radius 3 is 2.56 bits per heavy atom. The van der Waals surface area contributed by atoms with E-state index in [1.807, 2.05) is 6.92 Å². The lowest BCUT2D eigenvalue weighted by molar-refractivity contribution is -0.274. The first-order valence-corrected chi connectivity index (χ1v) is 7.92. The number of rotatable bonds is 8. The molecule has 0 saturated carbocycles. The second kappa shape index (κ2) is 8.92. The van der Waals surface area contributed by atoms with Gasteiger partial charge in [-0.05, 0) is 30.7 Å². The fourth-order valence-electron chi connectivity index (χ4n) is 2.10. The van der Waals surface area contributed by atoms with Crippen LogP contribution in [0.5, 0.6) is 11.8 Å². The largest absolute Gasteiger partial charge is 0.573 e. The summed E-state index contributed by atoms with van der Waals surface area (Å²) in [5, 5.41) is 4.89. The summed E-state index contributed by atoms with van der Waals surface area (Å²) in [6.07, 6.45) is -1.54. The van der Waals surface area contributed by atoms with Crippen molar-refractivity contribution in [2.24, 2.45) is 0 Å². The molecule has 8 nitrogen and oxygen atoms in total. The van der Waals surface area contributed by atoms with Gasteiger partial charge < -0.3 is 14.8 Å². The molecule has 27 heavy (non-hydrogen) atoms. The summed E-state index contributed by atoms with van der Waals surface area (Å²) in [7, 11) is 0. The Labute approximate surface area is 152 Å². The highest BCUT2D eigenvalue weighted by Gasteiger charge is 2.30. The minimum atomic E-state index is -4.79. The van der Waals surface area contributed by atoms with Crippen LogP contribution >= 0.6 is 0 Å². The number of aryl methyl sites for hydroxylation is 1. The van der Waals surface area contributed by atoms with Gasteiger partial charge in [0.15, 0.2) is 5.82 Å². The van der Waals surface area contributed by atoms with Gasteiger partial charge in [0.2, 0.25) is 0 Å². The van der Waals surface area contributed by atoms with Crippen LogP contribution in [0.4, 0.5) is 29.5 Å². The second-order valence-electron chi connectivity index (χ2n) is 5.32. The highest BCUT2D eigenvalue weighted by atomic mass is 19.4. The number of benzene rings is 1. The van der Waals surface area contributed by atoms with Crippen LogP contribution in [-0.4, -0.2) is 28.4 Å². The second-order valence-corrected chi connectivity index (χ2v) is 5.32. The van der Waals surface area contributed by atoms with Crippen molar-refractivity contribution >= 4 is 24.0 Å². The smallest absolute Gasteiger partial charge is 0.406 e. The molecule has 0 atom stereocenters. The van der Waals surface area contributed by atoms with E-state index < -0.39 is 18.1 Å². The van der Waals surface area contributed by atoms with E-state index in [9.17, 15) is 22.8 Å². The van der Waals surface area contributed by atoms with Gasteiger partial charge in [0.05, 0.1) is 6.20 Å². The monoisotopic (exact) mass is 386 g/mol. The highest BCUT2D eigenvalue weighted by molar-refractivity contribution is 5.99. The predicted octanol–water partition coefficient (Wildman–Crippen LogP) is 3.76. The van der Waals surface area contributed by atoms with Crippen LogP contribution < -0.4 is 20.1 Å². The van der Waals surface area contributed by atoms with Gasteiger partial charge in [-0.2, -0.15) is 4.98 Å². The van der Waals surface area contributed by atoms with Crippen LogP contribution in [0.15, 0.2) is 30.5 Å². The molecule has 0 fully saturated rings. The average Bonchev–Trinajstić information content (AvgIpc) is 2.95. The van der Waals surface area contributed by atoms with Crippen molar-refractivity contribution in [1.82, 2.24) is 9.55 Å². The molecular weight excluding hydrogens is 369 g/mol. The van der Waals surface area contributed by atoms with E-state index in [1.54, 1.807) is 4.57 Å². The van der Waals surface area contributed by atoms with Gasteiger partial charge in [0.1, 0.15) is 5.75 Å². The van der Waals surface area contributed by atoms with Crippen molar-refractivity contribution in [3.05, 3.63) is 30.5 Å². The molecule has 2 aromatic rings. The van der Waals surface area contributed by atoms with Crippen molar-refractivity contribution in [2.75, 3.05) is 10.6 Å². The minimum Gasteiger partial charge on any atom is -0.406 e. The lowest BCUT2D eigenvalue weighted by Crippen LogP contribution is -2.20. The summed E-state index contributed by atoms with van der Waals surface area (Å²) in [4.78, 5) is 26.5. The standard InChI is InChI=1S/C16H17F3N4O4/c1-2-3-8-23-9-13(22-15(23)26-10-24)21-14(25)20-11-4-6-12(7-5-11)27-16(17,18)19/h4-7,9-10H,2-3,8H2,1H3,(H2,20,21,25). The molecule has 0 aliphatic rings. The fraction of sp³-hybridized carbons (Fsp3) is 0.312. The Hall–Kier alpha value is -3.24. The van der Waals surface area contributed by atoms with Crippen LogP contribution in [0.1, 0.15) is 19.8 Å². The molecule has 2 N–H and O–H groups in total. The molecule has 1 aromatic heterocycles. The molecule has 1 aromatic carbocycles. The zero-order chi connectivity index (χ0) is 19.9. The normalized spacial score (nSPS) is 11.0. The zero-order valence-electron chi connectivity index (χ0n) is 14.2. The molecule has 2 amide bonds. The number of nitrogens with zero attached hydrogens (tertiary/aromatic N) is 2. The van der Waals surface area contributed by atoms with Crippen LogP contribution in [0.25, 0.3) is 0 Å². The van der Waals surface area contributed by atoms with Crippen LogP contribution in [-0.2, 0) is 11.3 Å². The van der Waals surface area contributed by atoms with Crippen molar-refractivity contribution in [2.45, 2.75) is 32.7 Å². The summed E-state index contributed by atoms with van der Waals surface area (Å²) in [5.41, 5.74) is 0.247. The van der Waals surface area contributed by atoms with Gasteiger partial charge in [-0.25, -0.2) is 4.79 Å². The number of aromatic nitrogens is 2. The lowest BCUT2D eigenvalue weighted by atomic mass is 10.3. The average molecular weight is 386 g/mol. The number of anilines is 2. The third-order valence-corrected chi connectivity index (χ3v) is 3.23. The molecule has 0 saturated heterocycles. The number of imidazole rings is 1. The van der Waals surface area contributed by atoms with E-state index in [2.05, 4.69) is 20.4 Å². The molecule has 11 heteroatoms. The molecule has 0 bridgehead atoms. The van der Waals surface area contributed by atoms with E-state index in [0.717, 1.165) is 25.0 Å². The van der Waals surface area contributed by atoms with Gasteiger partial charge in [-0.3, -0.25) is 14.7 Å². The quantitative estimate of drug-likeness (QED) is 0.674. The Morgan fingerprint density at radius 1 is 1.26 bits per heavy atom. The maximum Gasteiger partial charge on any atom is 0.573 e. The fourth-order valence-corrected chi connectivity index (χ4v) is 2.10.